The van der Waals surface area contributed by atoms with E-state index >= 15 is 0 Å². The second-order valence-corrected chi connectivity index (χ2v) is 6.34. The Morgan fingerprint density at radius 1 is 1.12 bits per heavy atom. The number of nitrogens with one attached hydrogen (secondary N) is 2. The van der Waals surface area contributed by atoms with Crippen molar-refractivity contribution in [2.45, 2.75) is 13.5 Å². The number of hydrogen-bond donors (Lipinski definition) is 2. The Hall–Kier alpha value is -2.73. The molecule has 1 saturated heterocycles. The summed E-state index contributed by atoms with van der Waals surface area (Å²) >= 11 is 0. The molecule has 25 heavy (non-hydrogen) atoms. The second kappa shape index (κ2) is 7.03. The summed E-state index contributed by atoms with van der Waals surface area (Å²) in [7, 11) is 0. The third kappa shape index (κ3) is 3.53. The third-order valence-electron chi connectivity index (χ3n) is 4.44. The molecular weight excluding hydrogens is 312 g/mol. The number of pyridine rings is 1. The van der Waals surface area contributed by atoms with E-state index in [-0.39, 0.29) is 0 Å². The fourth-order valence-electron chi connectivity index (χ4n) is 3.16. The molecule has 3 aromatic rings. The number of piperazine rings is 1. The van der Waals surface area contributed by atoms with Gasteiger partial charge in [0.1, 0.15) is 5.82 Å². The molecule has 1 aliphatic heterocycles. The van der Waals surface area contributed by atoms with E-state index in [2.05, 4.69) is 55.6 Å². The highest BCUT2D eigenvalue weighted by molar-refractivity contribution is 5.90. The Morgan fingerprint density at radius 2 is 2.00 bits per heavy atom. The van der Waals surface area contributed by atoms with Crippen LogP contribution in [0.4, 0.5) is 11.5 Å². The summed E-state index contributed by atoms with van der Waals surface area (Å²) in [6.07, 6.45) is 5.55. The van der Waals surface area contributed by atoms with Crippen LogP contribution in [0.15, 0.2) is 42.9 Å². The predicted octanol–water partition coefficient (Wildman–Crippen LogP) is 2.35. The fourth-order valence-corrected chi connectivity index (χ4v) is 3.16. The molecule has 0 spiro atoms. The van der Waals surface area contributed by atoms with Gasteiger partial charge >= 0.3 is 0 Å². The van der Waals surface area contributed by atoms with Crippen molar-refractivity contribution in [1.82, 2.24) is 20.3 Å². The maximum absolute atomic E-state index is 4.57. The summed E-state index contributed by atoms with van der Waals surface area (Å²) in [6, 6.07) is 8.32. The van der Waals surface area contributed by atoms with Crippen LogP contribution in [-0.2, 0) is 6.54 Å². The maximum Gasteiger partial charge on any atom is 0.147 e. The van der Waals surface area contributed by atoms with Gasteiger partial charge in [0.25, 0.3) is 0 Å². The minimum atomic E-state index is 0.629. The predicted molar refractivity (Wildman–Crippen MR) is 101 cm³/mol. The fraction of sp³-hybridized carbons (Fsp3) is 0.316. The smallest absolute Gasteiger partial charge is 0.147 e. The lowest BCUT2D eigenvalue weighted by Gasteiger charge is -2.28. The van der Waals surface area contributed by atoms with Gasteiger partial charge in [0.15, 0.2) is 0 Å². The van der Waals surface area contributed by atoms with Crippen molar-refractivity contribution in [1.29, 1.82) is 0 Å². The Labute approximate surface area is 147 Å². The first-order chi connectivity index (χ1) is 12.3. The molecule has 128 valence electrons. The van der Waals surface area contributed by atoms with E-state index in [0.29, 0.717) is 6.54 Å². The van der Waals surface area contributed by atoms with Crippen molar-refractivity contribution < 1.29 is 0 Å². The van der Waals surface area contributed by atoms with Gasteiger partial charge in [-0.3, -0.25) is 9.97 Å². The molecule has 0 aliphatic carbocycles. The summed E-state index contributed by atoms with van der Waals surface area (Å²) in [5.41, 5.74) is 4.15. The van der Waals surface area contributed by atoms with Crippen molar-refractivity contribution in [2.24, 2.45) is 0 Å². The number of aryl methyl sites for hydroxylation is 1. The van der Waals surface area contributed by atoms with Gasteiger partial charge in [0.05, 0.1) is 35.8 Å². The standard InChI is InChI=1S/C19H22N6/c1-14-9-15-3-2-4-21-19(15)17(10-14)23-11-16-12-24-18(13-22-16)25-7-5-20-6-8-25/h2-4,9-10,12-13,20,23H,5-8,11H2,1H3. The SMILES string of the molecule is Cc1cc(NCc2cnc(N3CCNCC3)cn2)c2ncccc2c1. The summed E-state index contributed by atoms with van der Waals surface area (Å²) in [5.74, 6) is 0.952. The summed E-state index contributed by atoms with van der Waals surface area (Å²) in [5, 5.41) is 7.95. The molecule has 4 rings (SSSR count). The average Bonchev–Trinajstić information content (AvgIpc) is 2.67. The van der Waals surface area contributed by atoms with Crippen LogP contribution >= 0.6 is 0 Å². The molecule has 0 amide bonds. The Morgan fingerprint density at radius 3 is 2.80 bits per heavy atom. The molecular formula is C19H22N6. The lowest BCUT2D eigenvalue weighted by atomic mass is 10.1. The first-order valence-corrected chi connectivity index (χ1v) is 8.65. The Kier molecular flexibility index (Phi) is 4.43. The zero-order chi connectivity index (χ0) is 17.1. The lowest BCUT2D eigenvalue weighted by Crippen LogP contribution is -2.43. The van der Waals surface area contributed by atoms with Crippen molar-refractivity contribution in [3.63, 3.8) is 0 Å². The summed E-state index contributed by atoms with van der Waals surface area (Å²) in [6.45, 7) is 6.68. The molecule has 1 fully saturated rings. The molecule has 0 bridgehead atoms. The van der Waals surface area contributed by atoms with Crippen LogP contribution in [0.1, 0.15) is 11.3 Å². The molecule has 1 aliphatic rings. The van der Waals surface area contributed by atoms with Crippen LogP contribution in [0.3, 0.4) is 0 Å². The van der Waals surface area contributed by atoms with Crippen LogP contribution in [0.2, 0.25) is 0 Å². The highest BCUT2D eigenvalue weighted by Crippen LogP contribution is 2.23. The van der Waals surface area contributed by atoms with E-state index in [1.54, 1.807) is 0 Å². The molecule has 6 heteroatoms. The molecule has 6 nitrogen and oxygen atoms in total. The maximum atomic E-state index is 4.57. The minimum Gasteiger partial charge on any atom is -0.378 e. The first-order valence-electron chi connectivity index (χ1n) is 8.65. The van der Waals surface area contributed by atoms with E-state index in [4.69, 9.17) is 0 Å². The number of fused-ring (bicyclic) bond motifs is 1. The van der Waals surface area contributed by atoms with Crippen LogP contribution in [0, 0.1) is 6.92 Å². The number of nitrogens with zero attached hydrogens (tertiary/aromatic N) is 4. The molecule has 2 aromatic heterocycles. The van der Waals surface area contributed by atoms with Crippen LogP contribution in [-0.4, -0.2) is 41.1 Å². The summed E-state index contributed by atoms with van der Waals surface area (Å²) < 4.78 is 0. The van der Waals surface area contributed by atoms with Gasteiger partial charge in [-0.1, -0.05) is 6.07 Å². The quantitative estimate of drug-likeness (QED) is 0.763. The molecule has 1 aromatic carbocycles. The number of benzene rings is 1. The van der Waals surface area contributed by atoms with Gasteiger partial charge in [0, 0.05) is 37.8 Å². The third-order valence-corrected chi connectivity index (χ3v) is 4.44. The van der Waals surface area contributed by atoms with E-state index in [1.807, 2.05) is 24.7 Å². The lowest BCUT2D eigenvalue weighted by molar-refractivity contribution is 0.584. The van der Waals surface area contributed by atoms with Crippen LogP contribution in [0.5, 0.6) is 0 Å². The second-order valence-electron chi connectivity index (χ2n) is 6.34. The van der Waals surface area contributed by atoms with Gasteiger partial charge in [-0.15, -0.1) is 0 Å². The zero-order valence-electron chi connectivity index (χ0n) is 14.4. The number of aromatic nitrogens is 3. The molecule has 0 unspecified atom stereocenters. The van der Waals surface area contributed by atoms with Crippen molar-refractivity contribution >= 4 is 22.4 Å². The molecule has 3 heterocycles. The Balaban J connectivity index is 1.48. The van der Waals surface area contributed by atoms with Gasteiger partial charge < -0.3 is 15.5 Å². The normalized spacial score (nSPS) is 14.7. The number of rotatable bonds is 4. The Bertz CT molecular complexity index is 855. The van der Waals surface area contributed by atoms with Crippen LogP contribution in [0.25, 0.3) is 10.9 Å². The monoisotopic (exact) mass is 334 g/mol. The van der Waals surface area contributed by atoms with Gasteiger partial charge in [-0.2, -0.15) is 0 Å². The highest BCUT2D eigenvalue weighted by Gasteiger charge is 2.12. The van der Waals surface area contributed by atoms with Crippen molar-refractivity contribution in [3.8, 4) is 0 Å². The van der Waals surface area contributed by atoms with E-state index in [0.717, 1.165) is 54.3 Å². The molecule has 0 saturated carbocycles. The number of hydrogen-bond acceptors (Lipinski definition) is 6. The van der Waals surface area contributed by atoms with Gasteiger partial charge in [0.2, 0.25) is 0 Å². The minimum absolute atomic E-state index is 0.629. The molecule has 0 atom stereocenters. The first kappa shape index (κ1) is 15.8. The molecule has 0 radical (unpaired) electrons. The largest absolute Gasteiger partial charge is 0.378 e. The molecule has 2 N–H and O–H groups in total. The van der Waals surface area contributed by atoms with E-state index < -0.39 is 0 Å². The summed E-state index contributed by atoms with van der Waals surface area (Å²) in [4.78, 5) is 15.9. The van der Waals surface area contributed by atoms with E-state index in [9.17, 15) is 0 Å². The highest BCUT2D eigenvalue weighted by atomic mass is 15.2. The number of anilines is 2. The van der Waals surface area contributed by atoms with Gasteiger partial charge in [-0.25, -0.2) is 4.98 Å². The topological polar surface area (TPSA) is 66.0 Å². The van der Waals surface area contributed by atoms with E-state index in [1.165, 1.54) is 5.56 Å². The van der Waals surface area contributed by atoms with Crippen molar-refractivity contribution in [2.75, 3.05) is 36.4 Å². The van der Waals surface area contributed by atoms with Crippen molar-refractivity contribution in [3.05, 3.63) is 54.1 Å². The van der Waals surface area contributed by atoms with Gasteiger partial charge in [-0.05, 0) is 30.7 Å². The zero-order valence-corrected chi connectivity index (χ0v) is 14.4. The van der Waals surface area contributed by atoms with Crippen LogP contribution < -0.4 is 15.5 Å². The average molecular weight is 334 g/mol.